The molecule has 3 atom stereocenters. The summed E-state index contributed by atoms with van der Waals surface area (Å²) >= 11 is 5.65. The number of aliphatic hydroxyl groups excluding tert-OH is 2. The standard InChI is InChI=1S/C30H42ClN5O8/c31-11-3-1-2-4-14-42-16-17-43-15-13-34-29(40)22-9-7-21(8-10-22)28(39)33-12-5-6-23-19-36(30(41)35-27(23)32)26-18-24(38)25(20-37)44-26/h5-10,19,24-26,37-38H,1-4,11-18,20H2,(H,33,39)(H,34,40)(H2,32,35,41)/t24?,25-,26-/m1/s1. The minimum atomic E-state index is -0.908. The second kappa shape index (κ2) is 19.1. The number of benzene rings is 1. The van der Waals surface area contributed by atoms with Crippen molar-refractivity contribution in [1.29, 1.82) is 0 Å². The van der Waals surface area contributed by atoms with E-state index in [2.05, 4.69) is 15.6 Å². The van der Waals surface area contributed by atoms with E-state index in [0.717, 1.165) is 25.7 Å². The molecule has 1 fully saturated rings. The number of nitrogen functional groups attached to an aromatic ring is 1. The minimum Gasteiger partial charge on any atom is -0.394 e. The summed E-state index contributed by atoms with van der Waals surface area (Å²) in [7, 11) is 0. The van der Waals surface area contributed by atoms with E-state index in [1.54, 1.807) is 36.4 Å². The molecule has 2 heterocycles. The van der Waals surface area contributed by atoms with Gasteiger partial charge in [0.05, 0.1) is 32.5 Å². The Bertz CT molecular complexity index is 1270. The van der Waals surface area contributed by atoms with Crippen molar-refractivity contribution in [2.24, 2.45) is 0 Å². The van der Waals surface area contributed by atoms with Crippen molar-refractivity contribution < 1.29 is 34.0 Å². The maximum Gasteiger partial charge on any atom is 0.351 e. The summed E-state index contributed by atoms with van der Waals surface area (Å²) in [4.78, 5) is 41.0. The van der Waals surface area contributed by atoms with Crippen LogP contribution in [0.2, 0.25) is 0 Å². The van der Waals surface area contributed by atoms with E-state index in [1.807, 2.05) is 0 Å². The molecule has 1 unspecified atom stereocenters. The number of rotatable bonds is 19. The van der Waals surface area contributed by atoms with E-state index in [9.17, 15) is 24.6 Å². The van der Waals surface area contributed by atoms with Crippen LogP contribution < -0.4 is 22.1 Å². The highest BCUT2D eigenvalue weighted by Crippen LogP contribution is 2.28. The Hall–Kier alpha value is -3.33. The lowest BCUT2D eigenvalue weighted by molar-refractivity contribution is -0.0458. The predicted molar refractivity (Wildman–Crippen MR) is 165 cm³/mol. The number of nitrogens with zero attached hydrogens (tertiary/aromatic N) is 2. The molecule has 2 aromatic rings. The first-order chi connectivity index (χ1) is 21.3. The monoisotopic (exact) mass is 635 g/mol. The average Bonchev–Trinajstić information content (AvgIpc) is 3.40. The minimum absolute atomic E-state index is 0.000601. The van der Waals surface area contributed by atoms with E-state index in [1.165, 1.54) is 10.8 Å². The van der Waals surface area contributed by atoms with Gasteiger partial charge in [0.15, 0.2) is 0 Å². The summed E-state index contributed by atoms with van der Waals surface area (Å²) in [5, 5.41) is 24.8. The summed E-state index contributed by atoms with van der Waals surface area (Å²) in [6, 6.07) is 6.26. The van der Waals surface area contributed by atoms with Gasteiger partial charge in [0.1, 0.15) is 18.1 Å². The quantitative estimate of drug-likeness (QED) is 0.112. The molecule has 0 bridgehead atoms. The molecular weight excluding hydrogens is 594 g/mol. The van der Waals surface area contributed by atoms with Crippen LogP contribution in [0.1, 0.15) is 64.6 Å². The topological polar surface area (TPSA) is 187 Å². The zero-order valence-corrected chi connectivity index (χ0v) is 25.4. The molecule has 1 saturated heterocycles. The molecule has 14 heteroatoms. The number of nitrogens with two attached hydrogens (primary N) is 1. The first-order valence-corrected chi connectivity index (χ1v) is 15.2. The number of aliphatic hydroxyl groups is 2. The van der Waals surface area contributed by atoms with Crippen LogP contribution in [0.3, 0.4) is 0 Å². The third kappa shape index (κ3) is 11.3. The number of anilines is 1. The molecule has 242 valence electrons. The van der Waals surface area contributed by atoms with Gasteiger partial charge in [0, 0.05) is 54.9 Å². The summed E-state index contributed by atoms with van der Waals surface area (Å²) in [6.07, 6.45) is 6.61. The zero-order chi connectivity index (χ0) is 31.7. The number of halogens is 1. The van der Waals surface area contributed by atoms with Gasteiger partial charge in [0.25, 0.3) is 11.8 Å². The molecule has 0 aliphatic carbocycles. The number of nitrogens with one attached hydrogen (secondary N) is 2. The lowest BCUT2D eigenvalue weighted by Crippen LogP contribution is -2.29. The van der Waals surface area contributed by atoms with Crippen molar-refractivity contribution in [3.8, 4) is 0 Å². The van der Waals surface area contributed by atoms with Crippen LogP contribution in [0.4, 0.5) is 5.82 Å². The normalized spacial score (nSPS) is 18.1. The van der Waals surface area contributed by atoms with Crippen LogP contribution in [-0.4, -0.2) is 95.8 Å². The highest BCUT2D eigenvalue weighted by molar-refractivity contribution is 6.17. The number of alkyl halides is 1. The van der Waals surface area contributed by atoms with Gasteiger partial charge in [-0.2, -0.15) is 4.98 Å². The van der Waals surface area contributed by atoms with Crippen molar-refractivity contribution in [3.63, 3.8) is 0 Å². The SMILES string of the molecule is Nc1nc(=O)n([C@H]2CC(O)[C@@H](CO)O2)cc1C=CCNC(=O)c1ccc(C(=O)NCCOCCOCCCCCCCl)cc1. The number of carbonyl (C=O) groups excluding carboxylic acids is 2. The number of carbonyl (C=O) groups is 2. The van der Waals surface area contributed by atoms with E-state index in [-0.39, 0.29) is 37.2 Å². The third-order valence-corrected chi connectivity index (χ3v) is 7.14. The van der Waals surface area contributed by atoms with Gasteiger partial charge >= 0.3 is 5.69 Å². The Morgan fingerprint density at radius 1 is 1.05 bits per heavy atom. The van der Waals surface area contributed by atoms with Gasteiger partial charge in [-0.15, -0.1) is 11.6 Å². The fraction of sp³-hybridized carbons (Fsp3) is 0.533. The van der Waals surface area contributed by atoms with Crippen molar-refractivity contribution in [2.75, 3.05) is 57.7 Å². The van der Waals surface area contributed by atoms with Crippen molar-refractivity contribution in [3.05, 3.63) is 63.7 Å². The lowest BCUT2D eigenvalue weighted by Gasteiger charge is -2.15. The molecule has 1 aliphatic heterocycles. The van der Waals surface area contributed by atoms with Gasteiger partial charge in [-0.05, 0) is 37.1 Å². The Labute approximate surface area is 261 Å². The average molecular weight is 636 g/mol. The number of hydrogen-bond acceptors (Lipinski definition) is 10. The van der Waals surface area contributed by atoms with Crippen LogP contribution >= 0.6 is 11.6 Å². The maximum absolute atomic E-state index is 12.5. The Balaban J connectivity index is 1.35. The number of amides is 2. The summed E-state index contributed by atoms with van der Waals surface area (Å²) in [5.41, 5.74) is 6.46. The molecule has 0 saturated carbocycles. The summed E-state index contributed by atoms with van der Waals surface area (Å²) < 4.78 is 17.7. The summed E-state index contributed by atoms with van der Waals surface area (Å²) in [5.74, 6) is 0.0910. The molecule has 1 aliphatic rings. The van der Waals surface area contributed by atoms with E-state index >= 15 is 0 Å². The first kappa shape index (κ1) is 35.2. The van der Waals surface area contributed by atoms with Crippen LogP contribution in [-0.2, 0) is 14.2 Å². The number of hydrogen-bond donors (Lipinski definition) is 5. The molecule has 2 amide bonds. The van der Waals surface area contributed by atoms with E-state index in [4.69, 9.17) is 31.5 Å². The molecule has 0 spiro atoms. The molecule has 1 aromatic carbocycles. The van der Waals surface area contributed by atoms with Gasteiger partial charge in [-0.25, -0.2) is 4.79 Å². The maximum atomic E-state index is 12.5. The van der Waals surface area contributed by atoms with Gasteiger partial charge in [-0.1, -0.05) is 25.0 Å². The predicted octanol–water partition coefficient (Wildman–Crippen LogP) is 1.47. The molecule has 1 aromatic heterocycles. The lowest BCUT2D eigenvalue weighted by atomic mass is 10.1. The van der Waals surface area contributed by atoms with Gasteiger partial charge in [0.2, 0.25) is 0 Å². The molecule has 0 radical (unpaired) electrons. The molecular formula is C30H42ClN5O8. The van der Waals surface area contributed by atoms with Crippen molar-refractivity contribution in [1.82, 2.24) is 20.2 Å². The van der Waals surface area contributed by atoms with Crippen molar-refractivity contribution in [2.45, 2.75) is 50.5 Å². The highest BCUT2D eigenvalue weighted by atomic mass is 35.5. The molecule has 13 nitrogen and oxygen atoms in total. The van der Waals surface area contributed by atoms with Crippen LogP contribution in [0.15, 0.2) is 41.3 Å². The fourth-order valence-electron chi connectivity index (χ4n) is 4.41. The second-order valence-electron chi connectivity index (χ2n) is 10.2. The molecule has 3 rings (SSSR count). The smallest absolute Gasteiger partial charge is 0.351 e. The second-order valence-corrected chi connectivity index (χ2v) is 10.5. The van der Waals surface area contributed by atoms with Crippen LogP contribution in [0.5, 0.6) is 0 Å². The fourth-order valence-corrected chi connectivity index (χ4v) is 4.60. The first-order valence-electron chi connectivity index (χ1n) is 14.7. The molecule has 44 heavy (non-hydrogen) atoms. The third-order valence-electron chi connectivity index (χ3n) is 6.87. The van der Waals surface area contributed by atoms with Gasteiger partial charge < -0.3 is 40.8 Å². The van der Waals surface area contributed by atoms with Gasteiger partial charge in [-0.3, -0.25) is 14.2 Å². The van der Waals surface area contributed by atoms with Crippen LogP contribution in [0.25, 0.3) is 6.08 Å². The Kier molecular flexibility index (Phi) is 15.3. The highest BCUT2D eigenvalue weighted by Gasteiger charge is 2.35. The van der Waals surface area contributed by atoms with Crippen molar-refractivity contribution >= 4 is 35.3 Å². The van der Waals surface area contributed by atoms with E-state index < -0.39 is 24.1 Å². The Morgan fingerprint density at radius 3 is 2.36 bits per heavy atom. The van der Waals surface area contributed by atoms with E-state index in [0.29, 0.717) is 55.5 Å². The number of ether oxygens (including phenoxy) is 3. The van der Waals surface area contributed by atoms with Crippen LogP contribution in [0, 0.1) is 0 Å². The number of unbranched alkanes of at least 4 members (excludes halogenated alkanes) is 3. The Morgan fingerprint density at radius 2 is 1.70 bits per heavy atom. The largest absolute Gasteiger partial charge is 0.394 e. The molecule has 6 N–H and O–H groups in total. The zero-order valence-electron chi connectivity index (χ0n) is 24.7. The summed E-state index contributed by atoms with van der Waals surface area (Å²) in [6.45, 7) is 2.17. The number of aromatic nitrogens is 2.